The third-order valence-corrected chi connectivity index (χ3v) is 6.65. The molecular weight excluding hydrogens is 414 g/mol. The molecule has 144 valence electrons. The van der Waals surface area contributed by atoms with Crippen LogP contribution in [0.4, 0.5) is 10.1 Å². The Hall–Kier alpha value is -1.67. The molecule has 1 saturated heterocycles. The number of hydrogen-bond donors (Lipinski definition) is 1. The zero-order chi connectivity index (χ0) is 19.6. The van der Waals surface area contributed by atoms with Crippen molar-refractivity contribution in [3.05, 3.63) is 58.3 Å². The molecule has 1 amide bonds. The minimum absolute atomic E-state index is 0.00609. The van der Waals surface area contributed by atoms with Gasteiger partial charge in [-0.25, -0.2) is 12.8 Å². The van der Waals surface area contributed by atoms with Gasteiger partial charge in [0.2, 0.25) is 15.9 Å². The summed E-state index contributed by atoms with van der Waals surface area (Å²) in [5.41, 5.74) is 0.455. The summed E-state index contributed by atoms with van der Waals surface area (Å²) in [6.45, 7) is 0.367. The second-order valence-electron chi connectivity index (χ2n) is 6.30. The summed E-state index contributed by atoms with van der Waals surface area (Å²) >= 11 is 11.9. The van der Waals surface area contributed by atoms with E-state index in [-0.39, 0.29) is 17.3 Å². The number of sulfonamides is 1. The lowest BCUT2D eigenvalue weighted by Crippen LogP contribution is -2.43. The molecule has 0 aliphatic carbocycles. The molecule has 5 nitrogen and oxygen atoms in total. The molecule has 0 aromatic heterocycles. The van der Waals surface area contributed by atoms with Gasteiger partial charge in [0, 0.05) is 28.8 Å². The van der Waals surface area contributed by atoms with Gasteiger partial charge >= 0.3 is 0 Å². The second kappa shape index (κ2) is 8.14. The Morgan fingerprint density at radius 2 is 1.74 bits per heavy atom. The predicted molar refractivity (Wildman–Crippen MR) is 103 cm³/mol. The number of amides is 1. The van der Waals surface area contributed by atoms with Gasteiger partial charge in [0.25, 0.3) is 0 Å². The summed E-state index contributed by atoms with van der Waals surface area (Å²) in [4.78, 5) is 12.6. The number of benzene rings is 2. The lowest BCUT2D eigenvalue weighted by Gasteiger charge is -2.31. The Balaban J connectivity index is 1.73. The van der Waals surface area contributed by atoms with Gasteiger partial charge in [0.05, 0.1) is 10.8 Å². The first-order valence-electron chi connectivity index (χ1n) is 8.28. The fraction of sp³-hybridized carbons (Fsp3) is 0.278. The lowest BCUT2D eigenvalue weighted by atomic mass is 9.99. The molecule has 1 heterocycles. The molecule has 2 aromatic rings. The normalized spacial score (nSPS) is 18.3. The summed E-state index contributed by atoms with van der Waals surface area (Å²) in [5.74, 6) is -1.32. The Morgan fingerprint density at radius 3 is 2.37 bits per heavy atom. The van der Waals surface area contributed by atoms with Crippen molar-refractivity contribution < 1.29 is 17.6 Å². The number of rotatable bonds is 4. The van der Waals surface area contributed by atoms with E-state index < -0.39 is 21.8 Å². The monoisotopic (exact) mass is 430 g/mol. The van der Waals surface area contributed by atoms with E-state index >= 15 is 0 Å². The molecule has 0 saturated carbocycles. The van der Waals surface area contributed by atoms with E-state index in [0.29, 0.717) is 35.1 Å². The van der Waals surface area contributed by atoms with E-state index in [1.165, 1.54) is 16.4 Å². The highest BCUT2D eigenvalue weighted by Gasteiger charge is 2.33. The molecule has 1 aliphatic heterocycles. The predicted octanol–water partition coefficient (Wildman–Crippen LogP) is 4.17. The molecule has 1 atom stereocenters. The number of nitrogens with one attached hydrogen (secondary N) is 1. The van der Waals surface area contributed by atoms with Gasteiger partial charge in [-0.3, -0.25) is 4.79 Å². The summed E-state index contributed by atoms with van der Waals surface area (Å²) in [7, 11) is -3.79. The molecule has 1 unspecified atom stereocenters. The van der Waals surface area contributed by atoms with Crippen LogP contribution in [0.1, 0.15) is 12.8 Å². The molecule has 1 fully saturated rings. The van der Waals surface area contributed by atoms with Gasteiger partial charge in [-0.2, -0.15) is 4.31 Å². The van der Waals surface area contributed by atoms with E-state index in [2.05, 4.69) is 5.32 Å². The highest BCUT2D eigenvalue weighted by molar-refractivity contribution is 7.89. The third-order valence-electron chi connectivity index (χ3n) is 4.34. The first-order valence-corrected chi connectivity index (χ1v) is 10.5. The Morgan fingerprint density at radius 1 is 1.11 bits per heavy atom. The summed E-state index contributed by atoms with van der Waals surface area (Å²) < 4.78 is 39.8. The maximum atomic E-state index is 13.1. The number of carbonyl (C=O) groups excluding carboxylic acids is 1. The number of halogens is 3. The van der Waals surface area contributed by atoms with Crippen LogP contribution in [0.3, 0.4) is 0 Å². The summed E-state index contributed by atoms with van der Waals surface area (Å²) in [5, 5.41) is 3.52. The van der Waals surface area contributed by atoms with E-state index in [1.54, 1.807) is 18.2 Å². The van der Waals surface area contributed by atoms with Crippen LogP contribution < -0.4 is 5.32 Å². The van der Waals surface area contributed by atoms with Crippen molar-refractivity contribution in [3.8, 4) is 0 Å². The third kappa shape index (κ3) is 4.79. The van der Waals surface area contributed by atoms with E-state index in [9.17, 15) is 17.6 Å². The molecule has 0 spiro atoms. The number of carbonyl (C=O) groups is 1. The number of anilines is 1. The van der Waals surface area contributed by atoms with Gasteiger partial charge in [0.1, 0.15) is 5.82 Å². The molecule has 0 bridgehead atoms. The maximum absolute atomic E-state index is 13.1. The number of hydrogen-bond acceptors (Lipinski definition) is 3. The van der Waals surface area contributed by atoms with Crippen molar-refractivity contribution in [2.45, 2.75) is 17.7 Å². The second-order valence-corrected chi connectivity index (χ2v) is 9.11. The quantitative estimate of drug-likeness (QED) is 0.790. The van der Waals surface area contributed by atoms with Crippen molar-refractivity contribution in [1.82, 2.24) is 4.31 Å². The zero-order valence-electron chi connectivity index (χ0n) is 14.2. The van der Waals surface area contributed by atoms with Crippen molar-refractivity contribution in [1.29, 1.82) is 0 Å². The van der Waals surface area contributed by atoms with Crippen molar-refractivity contribution >= 4 is 44.8 Å². The molecule has 0 radical (unpaired) electrons. The molecule has 27 heavy (non-hydrogen) atoms. The topological polar surface area (TPSA) is 66.5 Å². The molecule has 1 aliphatic rings. The van der Waals surface area contributed by atoms with Crippen molar-refractivity contribution in [3.63, 3.8) is 0 Å². The fourth-order valence-corrected chi connectivity index (χ4v) is 5.05. The average molecular weight is 431 g/mol. The summed E-state index contributed by atoms with van der Waals surface area (Å²) in [6, 6.07) is 9.34. The first-order chi connectivity index (χ1) is 12.8. The maximum Gasteiger partial charge on any atom is 0.243 e. The molecule has 3 rings (SSSR count). The lowest BCUT2D eigenvalue weighted by molar-refractivity contribution is -0.120. The van der Waals surface area contributed by atoms with Crippen LogP contribution in [-0.4, -0.2) is 31.7 Å². The van der Waals surface area contributed by atoms with Crippen molar-refractivity contribution in [2.75, 3.05) is 18.4 Å². The minimum atomic E-state index is -3.79. The molecule has 9 heteroatoms. The van der Waals surface area contributed by atoms with Crippen LogP contribution in [0, 0.1) is 11.7 Å². The smallest absolute Gasteiger partial charge is 0.243 e. The SMILES string of the molecule is O=C(Nc1cc(Cl)cc(Cl)c1)C1CCCN(S(=O)(=O)c2ccc(F)cc2)C1. The van der Waals surface area contributed by atoms with Crippen LogP contribution in [0.5, 0.6) is 0 Å². The standard InChI is InChI=1S/C18H17Cl2FN2O3S/c19-13-8-14(20)10-16(9-13)22-18(24)12-2-1-7-23(11-12)27(25,26)17-5-3-15(21)4-6-17/h3-6,8-10,12H,1-2,7,11H2,(H,22,24). The first kappa shape index (κ1) is 20.1. The number of piperidine rings is 1. The van der Waals surface area contributed by atoms with E-state index in [1.807, 2.05) is 0 Å². The summed E-state index contributed by atoms with van der Waals surface area (Å²) in [6.07, 6.45) is 1.12. The van der Waals surface area contributed by atoms with Gasteiger partial charge in [0.15, 0.2) is 0 Å². The van der Waals surface area contributed by atoms with E-state index in [0.717, 1.165) is 12.1 Å². The van der Waals surface area contributed by atoms with E-state index in [4.69, 9.17) is 23.2 Å². The molecular formula is C18H17Cl2FN2O3S. The fourth-order valence-electron chi connectivity index (χ4n) is 3.00. The van der Waals surface area contributed by atoms with Gasteiger partial charge < -0.3 is 5.32 Å². The van der Waals surface area contributed by atoms with Gasteiger partial charge in [-0.05, 0) is 55.3 Å². The number of nitrogens with zero attached hydrogens (tertiary/aromatic N) is 1. The minimum Gasteiger partial charge on any atom is -0.326 e. The Bertz CT molecular complexity index is 931. The highest BCUT2D eigenvalue weighted by atomic mass is 35.5. The molecule has 1 N–H and O–H groups in total. The van der Waals surface area contributed by atoms with Crippen molar-refractivity contribution in [2.24, 2.45) is 5.92 Å². The van der Waals surface area contributed by atoms with Crippen LogP contribution in [0.15, 0.2) is 47.4 Å². The Kier molecular flexibility index (Phi) is 6.05. The van der Waals surface area contributed by atoms with Crippen LogP contribution >= 0.6 is 23.2 Å². The Labute approximate surface area is 167 Å². The largest absolute Gasteiger partial charge is 0.326 e. The van der Waals surface area contributed by atoms with Crippen LogP contribution in [0.2, 0.25) is 10.0 Å². The van der Waals surface area contributed by atoms with Crippen LogP contribution in [-0.2, 0) is 14.8 Å². The zero-order valence-corrected chi connectivity index (χ0v) is 16.5. The van der Waals surface area contributed by atoms with Crippen LogP contribution in [0.25, 0.3) is 0 Å². The highest BCUT2D eigenvalue weighted by Crippen LogP contribution is 2.27. The van der Waals surface area contributed by atoms with Gasteiger partial charge in [-0.1, -0.05) is 23.2 Å². The molecule has 2 aromatic carbocycles. The average Bonchev–Trinajstić information content (AvgIpc) is 2.61. The van der Waals surface area contributed by atoms with Gasteiger partial charge in [-0.15, -0.1) is 0 Å².